The van der Waals surface area contributed by atoms with E-state index in [0.717, 1.165) is 11.1 Å². The second-order valence-corrected chi connectivity index (χ2v) is 9.11. The van der Waals surface area contributed by atoms with E-state index in [1.54, 1.807) is 12.1 Å². The minimum atomic E-state index is -3.85. The number of hydrogen-bond donors (Lipinski definition) is 1. The standard InChI is InChI=1S/C25H29O7P/c1-20(2)32-25-17-23(13-14-24(25)26)28-15-16-29-33(27,30-18-21-9-5-3-6-10-21)31-19-22-11-7-4-8-12-22/h3-14,17,20,26H,15-16,18-19H2,1-2H3. The van der Waals surface area contributed by atoms with E-state index in [1.807, 2.05) is 74.5 Å². The van der Waals surface area contributed by atoms with Gasteiger partial charge < -0.3 is 14.6 Å². The van der Waals surface area contributed by atoms with Crippen LogP contribution in [0, 0.1) is 0 Å². The molecule has 1 N–H and O–H groups in total. The van der Waals surface area contributed by atoms with Crippen LogP contribution in [0.5, 0.6) is 17.2 Å². The van der Waals surface area contributed by atoms with Crippen molar-refractivity contribution >= 4 is 7.82 Å². The highest BCUT2D eigenvalue weighted by atomic mass is 31.2. The Balaban J connectivity index is 1.56. The highest BCUT2D eigenvalue weighted by Crippen LogP contribution is 2.50. The zero-order valence-electron chi connectivity index (χ0n) is 18.8. The Labute approximate surface area is 194 Å². The monoisotopic (exact) mass is 472 g/mol. The summed E-state index contributed by atoms with van der Waals surface area (Å²) in [7, 11) is -3.85. The Morgan fingerprint density at radius 3 is 1.91 bits per heavy atom. The van der Waals surface area contributed by atoms with Gasteiger partial charge in [-0.3, -0.25) is 13.6 Å². The van der Waals surface area contributed by atoms with Crippen LogP contribution in [-0.2, 0) is 31.4 Å². The van der Waals surface area contributed by atoms with Gasteiger partial charge in [-0.2, -0.15) is 0 Å². The van der Waals surface area contributed by atoms with Crippen LogP contribution >= 0.6 is 7.82 Å². The third-order valence-corrected chi connectivity index (χ3v) is 5.75. The summed E-state index contributed by atoms with van der Waals surface area (Å²) in [6.45, 7) is 3.97. The molecule has 3 aromatic rings. The molecule has 0 saturated carbocycles. The summed E-state index contributed by atoms with van der Waals surface area (Å²) in [4.78, 5) is 0. The maximum Gasteiger partial charge on any atom is 0.475 e. The third-order valence-electron chi connectivity index (χ3n) is 4.36. The van der Waals surface area contributed by atoms with Gasteiger partial charge in [-0.15, -0.1) is 0 Å². The summed E-state index contributed by atoms with van der Waals surface area (Å²) >= 11 is 0. The van der Waals surface area contributed by atoms with Crippen LogP contribution in [0.4, 0.5) is 0 Å². The van der Waals surface area contributed by atoms with E-state index in [2.05, 4.69) is 0 Å². The van der Waals surface area contributed by atoms with Gasteiger partial charge in [0.1, 0.15) is 12.4 Å². The predicted octanol–water partition coefficient (Wildman–Crippen LogP) is 6.12. The van der Waals surface area contributed by atoms with Crippen molar-refractivity contribution in [2.24, 2.45) is 0 Å². The molecule has 0 aliphatic rings. The lowest BCUT2D eigenvalue weighted by atomic mass is 10.2. The highest BCUT2D eigenvalue weighted by Gasteiger charge is 2.27. The molecule has 8 heteroatoms. The number of phosphoric acid groups is 1. The van der Waals surface area contributed by atoms with Crippen molar-refractivity contribution in [2.75, 3.05) is 13.2 Å². The molecule has 0 spiro atoms. The van der Waals surface area contributed by atoms with Crippen LogP contribution in [0.3, 0.4) is 0 Å². The molecule has 3 rings (SSSR count). The Morgan fingerprint density at radius 2 is 1.36 bits per heavy atom. The number of phenols is 1. The number of benzene rings is 3. The molecule has 0 fully saturated rings. The Hall–Kier alpha value is -2.83. The van der Waals surface area contributed by atoms with Crippen LogP contribution in [0.1, 0.15) is 25.0 Å². The highest BCUT2D eigenvalue weighted by molar-refractivity contribution is 7.48. The fourth-order valence-corrected chi connectivity index (χ4v) is 3.94. The van der Waals surface area contributed by atoms with Gasteiger partial charge in [0, 0.05) is 6.07 Å². The molecule has 0 aliphatic heterocycles. The molecule has 7 nitrogen and oxygen atoms in total. The Morgan fingerprint density at radius 1 is 0.788 bits per heavy atom. The number of aromatic hydroxyl groups is 1. The second kappa shape index (κ2) is 12.4. The van der Waals surface area contributed by atoms with E-state index in [-0.39, 0.29) is 38.3 Å². The lowest BCUT2D eigenvalue weighted by Gasteiger charge is -2.19. The molecule has 0 unspecified atom stereocenters. The predicted molar refractivity (Wildman–Crippen MR) is 125 cm³/mol. The average molecular weight is 472 g/mol. The van der Waals surface area contributed by atoms with Gasteiger partial charge in [-0.05, 0) is 37.1 Å². The summed E-state index contributed by atoms with van der Waals surface area (Å²) in [6.07, 6.45) is -0.0936. The molecule has 0 bridgehead atoms. The molecule has 0 amide bonds. The molecular formula is C25H29O7P. The van der Waals surface area contributed by atoms with E-state index in [0.29, 0.717) is 11.5 Å². The summed E-state index contributed by atoms with van der Waals surface area (Å²) in [5.74, 6) is 0.837. The van der Waals surface area contributed by atoms with Crippen LogP contribution in [-0.4, -0.2) is 24.4 Å². The molecule has 0 saturated heterocycles. The molecule has 33 heavy (non-hydrogen) atoms. The van der Waals surface area contributed by atoms with Gasteiger partial charge >= 0.3 is 7.82 Å². The summed E-state index contributed by atoms with van der Waals surface area (Å²) in [5.41, 5.74) is 1.70. The quantitative estimate of drug-likeness (QED) is 0.237. The van der Waals surface area contributed by atoms with Crippen LogP contribution in [0.15, 0.2) is 78.9 Å². The molecule has 0 aliphatic carbocycles. The number of ether oxygens (including phenoxy) is 2. The van der Waals surface area contributed by atoms with Gasteiger partial charge in [0.05, 0.1) is 25.9 Å². The fraction of sp³-hybridized carbons (Fsp3) is 0.280. The van der Waals surface area contributed by atoms with Crippen molar-refractivity contribution in [3.05, 3.63) is 90.0 Å². The Kier molecular flexibility index (Phi) is 9.34. The summed E-state index contributed by atoms with van der Waals surface area (Å²) in [5, 5.41) is 9.89. The van der Waals surface area contributed by atoms with E-state index < -0.39 is 7.82 Å². The average Bonchev–Trinajstić information content (AvgIpc) is 2.82. The molecule has 0 heterocycles. The van der Waals surface area contributed by atoms with Gasteiger partial charge in [0.25, 0.3) is 0 Å². The minimum absolute atomic E-state index is 0.0257. The zero-order valence-corrected chi connectivity index (χ0v) is 19.6. The van der Waals surface area contributed by atoms with Crippen molar-refractivity contribution in [3.63, 3.8) is 0 Å². The molecule has 0 atom stereocenters. The third kappa shape index (κ3) is 8.56. The first kappa shape index (κ1) is 24.8. The lowest BCUT2D eigenvalue weighted by molar-refractivity contribution is 0.0909. The largest absolute Gasteiger partial charge is 0.504 e. The number of phosphoric ester groups is 1. The maximum atomic E-state index is 13.2. The van der Waals surface area contributed by atoms with Crippen molar-refractivity contribution < 1.29 is 32.7 Å². The first-order chi connectivity index (χ1) is 15.9. The Bertz CT molecular complexity index is 978. The van der Waals surface area contributed by atoms with Crippen molar-refractivity contribution in [1.82, 2.24) is 0 Å². The van der Waals surface area contributed by atoms with Crippen LogP contribution in [0.25, 0.3) is 0 Å². The van der Waals surface area contributed by atoms with Crippen molar-refractivity contribution in [2.45, 2.75) is 33.2 Å². The van der Waals surface area contributed by atoms with Crippen LogP contribution < -0.4 is 9.47 Å². The van der Waals surface area contributed by atoms with Gasteiger partial charge in [0.2, 0.25) is 0 Å². The van der Waals surface area contributed by atoms with E-state index >= 15 is 0 Å². The molecular weight excluding hydrogens is 443 g/mol. The summed E-state index contributed by atoms with van der Waals surface area (Å²) in [6, 6.07) is 23.4. The van der Waals surface area contributed by atoms with E-state index in [1.165, 1.54) is 6.07 Å². The fourth-order valence-electron chi connectivity index (χ4n) is 2.81. The first-order valence-corrected chi connectivity index (χ1v) is 12.1. The van der Waals surface area contributed by atoms with Crippen molar-refractivity contribution in [3.8, 4) is 17.2 Å². The van der Waals surface area contributed by atoms with Crippen LogP contribution in [0.2, 0.25) is 0 Å². The molecule has 0 radical (unpaired) electrons. The topological polar surface area (TPSA) is 83.5 Å². The number of rotatable bonds is 13. The molecule has 0 aromatic heterocycles. The minimum Gasteiger partial charge on any atom is -0.504 e. The SMILES string of the molecule is CC(C)Oc1cc(OCCOP(=O)(OCc2ccccc2)OCc2ccccc2)ccc1O. The zero-order chi connectivity index (χ0) is 23.5. The number of hydrogen-bond acceptors (Lipinski definition) is 7. The number of phenolic OH excluding ortho intramolecular Hbond substituents is 1. The van der Waals surface area contributed by atoms with Gasteiger partial charge in [-0.1, -0.05) is 60.7 Å². The maximum absolute atomic E-state index is 13.2. The normalized spacial score (nSPS) is 11.5. The lowest BCUT2D eigenvalue weighted by Crippen LogP contribution is -2.09. The molecule has 3 aromatic carbocycles. The first-order valence-electron chi connectivity index (χ1n) is 10.7. The van der Waals surface area contributed by atoms with Gasteiger partial charge in [0.15, 0.2) is 11.5 Å². The smallest absolute Gasteiger partial charge is 0.475 e. The van der Waals surface area contributed by atoms with Crippen molar-refractivity contribution in [1.29, 1.82) is 0 Å². The second-order valence-electron chi connectivity index (χ2n) is 7.44. The van der Waals surface area contributed by atoms with E-state index in [4.69, 9.17) is 23.0 Å². The van der Waals surface area contributed by atoms with Gasteiger partial charge in [-0.25, -0.2) is 4.57 Å². The van der Waals surface area contributed by atoms with E-state index in [9.17, 15) is 9.67 Å². The molecule has 176 valence electrons. The summed E-state index contributed by atoms with van der Waals surface area (Å²) < 4.78 is 41.1.